The van der Waals surface area contributed by atoms with E-state index in [0.29, 0.717) is 5.92 Å². The van der Waals surface area contributed by atoms with Gasteiger partial charge in [0, 0.05) is 0 Å². The van der Waals surface area contributed by atoms with Gasteiger partial charge < -0.3 is 9.84 Å². The highest BCUT2D eigenvalue weighted by molar-refractivity contribution is 5.40. The average molecular weight is 286 g/mol. The Kier molecular flexibility index (Phi) is 3.08. The maximum atomic E-state index is 10.4. The third-order valence-electron chi connectivity index (χ3n) is 6.88. The summed E-state index contributed by atoms with van der Waals surface area (Å²) < 4.78 is 5.38. The maximum Gasteiger partial charge on any atom is 0.119 e. The zero-order valence-corrected chi connectivity index (χ0v) is 13.1. The molecule has 0 aliphatic heterocycles. The lowest BCUT2D eigenvalue weighted by molar-refractivity contribution is -0.0226. The Labute approximate surface area is 127 Å². The molecular formula is C19H26O2. The number of methoxy groups -OCH3 is 1. The summed E-state index contributed by atoms with van der Waals surface area (Å²) in [6.07, 6.45) is 7.07. The van der Waals surface area contributed by atoms with Gasteiger partial charge in [-0.2, -0.15) is 0 Å². The normalized spacial score (nSPS) is 41.1. The monoisotopic (exact) mass is 286 g/mol. The van der Waals surface area contributed by atoms with Crippen LogP contribution in [0, 0.1) is 17.3 Å². The predicted octanol–water partition coefficient (Wildman–Crippen LogP) is 3.91. The first kappa shape index (κ1) is 13.6. The molecule has 0 aromatic heterocycles. The number of rotatable bonds is 1. The Morgan fingerprint density at radius 2 is 2.05 bits per heavy atom. The largest absolute Gasteiger partial charge is 0.497 e. The molecule has 21 heavy (non-hydrogen) atoms. The van der Waals surface area contributed by atoms with Crippen molar-refractivity contribution in [2.24, 2.45) is 17.3 Å². The lowest BCUT2D eigenvalue weighted by atomic mass is 9.55. The van der Waals surface area contributed by atoms with Gasteiger partial charge in [-0.3, -0.25) is 0 Å². The van der Waals surface area contributed by atoms with Crippen molar-refractivity contribution in [2.75, 3.05) is 7.11 Å². The maximum absolute atomic E-state index is 10.4. The van der Waals surface area contributed by atoms with Crippen molar-refractivity contribution in [2.45, 2.75) is 57.5 Å². The fourth-order valence-corrected chi connectivity index (χ4v) is 5.66. The third-order valence-corrected chi connectivity index (χ3v) is 6.88. The minimum absolute atomic E-state index is 0.0688. The van der Waals surface area contributed by atoms with E-state index >= 15 is 0 Å². The number of fused-ring (bicyclic) bond motifs is 5. The van der Waals surface area contributed by atoms with E-state index in [1.54, 1.807) is 12.7 Å². The van der Waals surface area contributed by atoms with Gasteiger partial charge in [0.1, 0.15) is 5.75 Å². The Hall–Kier alpha value is -1.02. The van der Waals surface area contributed by atoms with Crippen molar-refractivity contribution < 1.29 is 9.84 Å². The van der Waals surface area contributed by atoms with Gasteiger partial charge in [0.05, 0.1) is 13.2 Å². The molecule has 3 aliphatic carbocycles. The molecule has 0 radical (unpaired) electrons. The average Bonchev–Trinajstić information content (AvgIpc) is 2.82. The molecule has 0 heterocycles. The van der Waals surface area contributed by atoms with E-state index in [9.17, 15) is 5.11 Å². The zero-order valence-electron chi connectivity index (χ0n) is 13.1. The standard InChI is InChI=1S/C19H26O2/c1-19-10-9-15-14-6-4-13(21-2)11-12(14)3-5-16(15)17(19)7-8-18(19)20/h4,6,11,15-18,20H,3,5,7-10H2,1-2H3/t15-,16+,17-,18-,19-/m1/s1. The lowest BCUT2D eigenvalue weighted by Gasteiger charge is -2.50. The van der Waals surface area contributed by atoms with Crippen molar-refractivity contribution >= 4 is 0 Å². The molecule has 1 N–H and O–H groups in total. The van der Waals surface area contributed by atoms with Gasteiger partial charge in [0.15, 0.2) is 0 Å². The van der Waals surface area contributed by atoms with Crippen molar-refractivity contribution in [3.63, 3.8) is 0 Å². The van der Waals surface area contributed by atoms with Crippen molar-refractivity contribution in [1.82, 2.24) is 0 Å². The molecule has 5 atom stereocenters. The van der Waals surface area contributed by atoms with Gasteiger partial charge in [0.25, 0.3) is 0 Å². The van der Waals surface area contributed by atoms with Gasteiger partial charge in [-0.1, -0.05) is 13.0 Å². The Morgan fingerprint density at radius 3 is 2.86 bits per heavy atom. The van der Waals surface area contributed by atoms with E-state index in [1.807, 2.05) is 0 Å². The Morgan fingerprint density at radius 1 is 1.19 bits per heavy atom. The first-order chi connectivity index (χ1) is 10.1. The van der Waals surface area contributed by atoms with Crippen molar-refractivity contribution in [3.8, 4) is 5.75 Å². The summed E-state index contributed by atoms with van der Waals surface area (Å²) in [6.45, 7) is 2.34. The van der Waals surface area contributed by atoms with Crippen LogP contribution in [-0.4, -0.2) is 18.3 Å². The molecule has 0 amide bonds. The van der Waals surface area contributed by atoms with Gasteiger partial charge in [-0.25, -0.2) is 0 Å². The Bertz CT molecular complexity index is 552. The summed E-state index contributed by atoms with van der Waals surface area (Å²) >= 11 is 0. The molecule has 3 aliphatic rings. The molecule has 0 saturated heterocycles. The van der Waals surface area contributed by atoms with Crippen LogP contribution in [0.2, 0.25) is 0 Å². The smallest absolute Gasteiger partial charge is 0.119 e. The third kappa shape index (κ3) is 1.88. The van der Waals surface area contributed by atoms with E-state index in [4.69, 9.17) is 4.74 Å². The lowest BCUT2D eigenvalue weighted by Crippen LogP contribution is -2.43. The first-order valence-electron chi connectivity index (χ1n) is 8.48. The van der Waals surface area contributed by atoms with E-state index < -0.39 is 0 Å². The molecule has 2 heteroatoms. The quantitative estimate of drug-likeness (QED) is 0.848. The van der Waals surface area contributed by atoms with Crippen LogP contribution in [0.4, 0.5) is 0 Å². The van der Waals surface area contributed by atoms with Gasteiger partial charge in [-0.05, 0) is 85.0 Å². The van der Waals surface area contributed by atoms with Crippen LogP contribution in [0.15, 0.2) is 18.2 Å². The van der Waals surface area contributed by atoms with Crippen LogP contribution in [0.5, 0.6) is 5.75 Å². The number of aliphatic hydroxyl groups excluding tert-OH is 1. The number of aliphatic hydroxyl groups is 1. The molecule has 4 rings (SSSR count). The van der Waals surface area contributed by atoms with E-state index in [1.165, 1.54) is 37.7 Å². The molecule has 0 unspecified atom stereocenters. The van der Waals surface area contributed by atoms with Crippen molar-refractivity contribution in [3.05, 3.63) is 29.3 Å². The van der Waals surface area contributed by atoms with Crippen LogP contribution in [0.1, 0.15) is 56.1 Å². The summed E-state index contributed by atoms with van der Waals surface area (Å²) in [6, 6.07) is 6.67. The SMILES string of the molecule is COc1ccc2c(c1)CC[C@H]1[C@@H]2CC[C@@]2(C)[C@H](O)CC[C@H]12. The molecule has 114 valence electrons. The molecule has 1 aromatic carbocycles. The minimum atomic E-state index is -0.0688. The predicted molar refractivity (Wildman–Crippen MR) is 83.6 cm³/mol. The second-order valence-electron chi connectivity index (χ2n) is 7.62. The fraction of sp³-hybridized carbons (Fsp3) is 0.684. The number of aryl methyl sites for hydroxylation is 1. The summed E-state index contributed by atoms with van der Waals surface area (Å²) in [4.78, 5) is 0. The topological polar surface area (TPSA) is 29.5 Å². The molecule has 0 spiro atoms. The van der Waals surface area contributed by atoms with Crippen LogP contribution in [-0.2, 0) is 6.42 Å². The van der Waals surface area contributed by atoms with E-state index in [2.05, 4.69) is 25.1 Å². The van der Waals surface area contributed by atoms with E-state index in [0.717, 1.165) is 24.0 Å². The van der Waals surface area contributed by atoms with Crippen molar-refractivity contribution in [1.29, 1.82) is 0 Å². The highest BCUT2D eigenvalue weighted by Gasteiger charge is 2.54. The van der Waals surface area contributed by atoms with Gasteiger partial charge in [0.2, 0.25) is 0 Å². The molecular weight excluding hydrogens is 260 g/mol. The fourth-order valence-electron chi connectivity index (χ4n) is 5.66. The summed E-state index contributed by atoms with van der Waals surface area (Å²) in [5.74, 6) is 3.20. The van der Waals surface area contributed by atoms with Crippen LogP contribution >= 0.6 is 0 Å². The number of benzene rings is 1. The molecule has 0 bridgehead atoms. The molecule has 2 nitrogen and oxygen atoms in total. The summed E-state index contributed by atoms with van der Waals surface area (Å²) in [7, 11) is 1.75. The molecule has 1 aromatic rings. The molecule has 2 saturated carbocycles. The summed E-state index contributed by atoms with van der Waals surface area (Å²) in [5, 5.41) is 10.4. The van der Waals surface area contributed by atoms with Crippen LogP contribution in [0.3, 0.4) is 0 Å². The first-order valence-corrected chi connectivity index (χ1v) is 8.48. The summed E-state index contributed by atoms with van der Waals surface area (Å²) in [5.41, 5.74) is 3.25. The Balaban J connectivity index is 1.68. The van der Waals surface area contributed by atoms with Gasteiger partial charge in [-0.15, -0.1) is 0 Å². The molecule has 2 fully saturated rings. The number of ether oxygens (including phenoxy) is 1. The number of hydrogen-bond donors (Lipinski definition) is 1. The second kappa shape index (κ2) is 4.74. The van der Waals surface area contributed by atoms with E-state index in [-0.39, 0.29) is 11.5 Å². The van der Waals surface area contributed by atoms with Crippen LogP contribution in [0.25, 0.3) is 0 Å². The van der Waals surface area contributed by atoms with Gasteiger partial charge >= 0.3 is 0 Å². The minimum Gasteiger partial charge on any atom is -0.497 e. The zero-order chi connectivity index (χ0) is 14.6. The number of hydrogen-bond acceptors (Lipinski definition) is 2. The van der Waals surface area contributed by atoms with Crippen LogP contribution < -0.4 is 4.74 Å². The second-order valence-corrected chi connectivity index (χ2v) is 7.62. The highest BCUT2D eigenvalue weighted by Crippen LogP contribution is 2.60. The highest BCUT2D eigenvalue weighted by atomic mass is 16.5.